The maximum absolute atomic E-state index is 12.3. The van der Waals surface area contributed by atoms with Gasteiger partial charge < -0.3 is 5.73 Å². The summed E-state index contributed by atoms with van der Waals surface area (Å²) < 4.78 is 25.8. The normalized spacial score (nSPS) is 11.7. The maximum atomic E-state index is 12.3. The highest BCUT2D eigenvalue weighted by Crippen LogP contribution is 2.16. The first-order valence-electron chi connectivity index (χ1n) is 6.21. The van der Waals surface area contributed by atoms with Crippen molar-refractivity contribution in [1.29, 1.82) is 0 Å². The molecule has 0 radical (unpaired) electrons. The molecule has 0 unspecified atom stereocenters. The zero-order chi connectivity index (χ0) is 14.5. The van der Waals surface area contributed by atoms with Crippen LogP contribution in [0.1, 0.15) is 25.3 Å². The SMILES string of the molecule is CCCc1ccc(S(=O)(=O)N(C)CCC(N)=S)cc1. The summed E-state index contributed by atoms with van der Waals surface area (Å²) in [5.41, 5.74) is 6.53. The smallest absolute Gasteiger partial charge is 0.242 e. The summed E-state index contributed by atoms with van der Waals surface area (Å²) in [5, 5.41) is 0. The van der Waals surface area contributed by atoms with E-state index in [0.717, 1.165) is 18.4 Å². The van der Waals surface area contributed by atoms with E-state index in [9.17, 15) is 8.42 Å². The summed E-state index contributed by atoms with van der Waals surface area (Å²) in [7, 11) is -1.91. The van der Waals surface area contributed by atoms with E-state index >= 15 is 0 Å². The predicted octanol–water partition coefficient (Wildman–Crippen LogP) is 1.94. The zero-order valence-electron chi connectivity index (χ0n) is 11.3. The number of nitrogens with two attached hydrogens (primary N) is 1. The Labute approximate surface area is 120 Å². The maximum Gasteiger partial charge on any atom is 0.242 e. The molecule has 0 aromatic heterocycles. The lowest BCUT2D eigenvalue weighted by Gasteiger charge is -2.17. The van der Waals surface area contributed by atoms with Crippen LogP contribution in [0.15, 0.2) is 29.2 Å². The average Bonchev–Trinajstić information content (AvgIpc) is 2.36. The summed E-state index contributed by atoms with van der Waals surface area (Å²) >= 11 is 4.76. The van der Waals surface area contributed by atoms with Gasteiger partial charge in [0, 0.05) is 20.0 Å². The van der Waals surface area contributed by atoms with Gasteiger partial charge in [0.1, 0.15) is 0 Å². The molecule has 0 bridgehead atoms. The Bertz CT molecular complexity index is 524. The molecular formula is C13H20N2O2S2. The summed E-state index contributed by atoms with van der Waals surface area (Å²) in [5.74, 6) is 0. The van der Waals surface area contributed by atoms with Crippen molar-refractivity contribution < 1.29 is 8.42 Å². The Morgan fingerprint density at radius 3 is 2.37 bits per heavy atom. The molecule has 0 atom stereocenters. The van der Waals surface area contributed by atoms with Crippen molar-refractivity contribution in [2.75, 3.05) is 13.6 Å². The predicted molar refractivity (Wildman–Crippen MR) is 81.7 cm³/mol. The van der Waals surface area contributed by atoms with E-state index in [2.05, 4.69) is 6.92 Å². The number of nitrogens with zero attached hydrogens (tertiary/aromatic N) is 1. The van der Waals surface area contributed by atoms with Gasteiger partial charge in [-0.15, -0.1) is 0 Å². The molecule has 0 aliphatic carbocycles. The lowest BCUT2D eigenvalue weighted by Crippen LogP contribution is -2.30. The standard InChI is InChI=1S/C13H20N2O2S2/c1-3-4-11-5-7-12(8-6-11)19(16,17)15(2)10-9-13(14)18/h5-8H,3-4,9-10H2,1-2H3,(H2,14,18). The van der Waals surface area contributed by atoms with Gasteiger partial charge in [-0.1, -0.05) is 37.7 Å². The first-order valence-corrected chi connectivity index (χ1v) is 8.06. The van der Waals surface area contributed by atoms with Crippen LogP contribution in [0.3, 0.4) is 0 Å². The van der Waals surface area contributed by atoms with E-state index in [1.54, 1.807) is 12.1 Å². The third-order valence-corrected chi connectivity index (χ3v) is 4.92. The number of aryl methyl sites for hydroxylation is 1. The van der Waals surface area contributed by atoms with Crippen molar-refractivity contribution in [3.63, 3.8) is 0 Å². The molecule has 106 valence electrons. The second-order valence-corrected chi connectivity index (χ2v) is 7.01. The topological polar surface area (TPSA) is 63.4 Å². The summed E-state index contributed by atoms with van der Waals surface area (Å²) in [4.78, 5) is 0.623. The summed E-state index contributed by atoms with van der Waals surface area (Å²) in [6, 6.07) is 7.02. The van der Waals surface area contributed by atoms with Gasteiger partial charge in [-0.25, -0.2) is 12.7 Å². The van der Waals surface area contributed by atoms with Crippen LogP contribution in [0.5, 0.6) is 0 Å². The first kappa shape index (κ1) is 16.1. The van der Waals surface area contributed by atoms with E-state index < -0.39 is 10.0 Å². The molecule has 0 heterocycles. The molecule has 0 aliphatic rings. The monoisotopic (exact) mass is 300 g/mol. The quantitative estimate of drug-likeness (QED) is 0.782. The molecule has 1 aromatic rings. The van der Waals surface area contributed by atoms with Crippen LogP contribution >= 0.6 is 12.2 Å². The van der Waals surface area contributed by atoms with Crippen LogP contribution in [-0.2, 0) is 16.4 Å². The molecule has 1 aromatic carbocycles. The lowest BCUT2D eigenvalue weighted by atomic mass is 10.1. The molecular weight excluding hydrogens is 280 g/mol. The highest BCUT2D eigenvalue weighted by Gasteiger charge is 2.20. The van der Waals surface area contributed by atoms with Crippen molar-refractivity contribution in [2.24, 2.45) is 5.73 Å². The Balaban J connectivity index is 2.84. The Kier molecular flexibility index (Phi) is 5.90. The van der Waals surface area contributed by atoms with E-state index in [-0.39, 0.29) is 0 Å². The van der Waals surface area contributed by atoms with Crippen molar-refractivity contribution in [3.05, 3.63) is 29.8 Å². The largest absolute Gasteiger partial charge is 0.393 e. The molecule has 0 saturated carbocycles. The molecule has 0 amide bonds. The van der Waals surface area contributed by atoms with Gasteiger partial charge >= 0.3 is 0 Å². The molecule has 19 heavy (non-hydrogen) atoms. The van der Waals surface area contributed by atoms with E-state index in [0.29, 0.717) is 22.8 Å². The van der Waals surface area contributed by atoms with Gasteiger partial charge in [0.05, 0.1) is 9.88 Å². The average molecular weight is 300 g/mol. The summed E-state index contributed by atoms with van der Waals surface area (Å²) in [6.07, 6.45) is 2.39. The fourth-order valence-electron chi connectivity index (χ4n) is 1.68. The Hall–Kier alpha value is -0.980. The first-order chi connectivity index (χ1) is 8.87. The van der Waals surface area contributed by atoms with E-state index in [1.807, 2.05) is 12.1 Å². The highest BCUT2D eigenvalue weighted by molar-refractivity contribution is 7.89. The number of hydrogen-bond donors (Lipinski definition) is 1. The molecule has 0 fully saturated rings. The van der Waals surface area contributed by atoms with E-state index in [1.165, 1.54) is 11.4 Å². The van der Waals surface area contributed by atoms with Gasteiger partial charge in [0.25, 0.3) is 0 Å². The number of benzene rings is 1. The number of rotatable bonds is 7. The van der Waals surface area contributed by atoms with E-state index in [4.69, 9.17) is 18.0 Å². The third kappa shape index (κ3) is 4.56. The van der Waals surface area contributed by atoms with Gasteiger partial charge in [0.15, 0.2) is 0 Å². The molecule has 6 heteroatoms. The molecule has 0 spiro atoms. The molecule has 1 rings (SSSR count). The zero-order valence-corrected chi connectivity index (χ0v) is 12.9. The van der Waals surface area contributed by atoms with Crippen molar-refractivity contribution in [1.82, 2.24) is 4.31 Å². The second kappa shape index (κ2) is 6.98. The van der Waals surface area contributed by atoms with Crippen LogP contribution < -0.4 is 5.73 Å². The summed E-state index contributed by atoms with van der Waals surface area (Å²) in [6.45, 7) is 2.39. The second-order valence-electron chi connectivity index (χ2n) is 4.44. The Morgan fingerprint density at radius 2 is 1.89 bits per heavy atom. The van der Waals surface area contributed by atoms with Gasteiger partial charge in [0.2, 0.25) is 10.0 Å². The van der Waals surface area contributed by atoms with Crippen LogP contribution in [0.2, 0.25) is 0 Å². The highest BCUT2D eigenvalue weighted by atomic mass is 32.2. The minimum absolute atomic E-state index is 0.300. The number of thiocarbonyl (C=S) groups is 1. The van der Waals surface area contributed by atoms with Gasteiger partial charge in [-0.3, -0.25) is 0 Å². The van der Waals surface area contributed by atoms with Crippen LogP contribution in [0.25, 0.3) is 0 Å². The minimum Gasteiger partial charge on any atom is -0.393 e. The molecule has 0 aliphatic heterocycles. The minimum atomic E-state index is -3.45. The Morgan fingerprint density at radius 1 is 1.32 bits per heavy atom. The number of hydrogen-bond acceptors (Lipinski definition) is 3. The fourth-order valence-corrected chi connectivity index (χ4v) is 2.95. The van der Waals surface area contributed by atoms with Crippen LogP contribution in [0, 0.1) is 0 Å². The van der Waals surface area contributed by atoms with Crippen molar-refractivity contribution in [3.8, 4) is 0 Å². The van der Waals surface area contributed by atoms with Gasteiger partial charge in [-0.05, 0) is 24.1 Å². The molecule has 2 N–H and O–H groups in total. The number of sulfonamides is 1. The lowest BCUT2D eigenvalue weighted by molar-refractivity contribution is 0.479. The van der Waals surface area contributed by atoms with Crippen molar-refractivity contribution >= 4 is 27.2 Å². The van der Waals surface area contributed by atoms with Crippen LogP contribution in [-0.4, -0.2) is 31.3 Å². The molecule has 4 nitrogen and oxygen atoms in total. The molecule has 0 saturated heterocycles. The third-order valence-electron chi connectivity index (χ3n) is 2.84. The van der Waals surface area contributed by atoms with Crippen molar-refractivity contribution in [2.45, 2.75) is 31.1 Å². The van der Waals surface area contributed by atoms with Crippen LogP contribution in [0.4, 0.5) is 0 Å². The fraction of sp³-hybridized carbons (Fsp3) is 0.462. The van der Waals surface area contributed by atoms with Gasteiger partial charge in [-0.2, -0.15) is 0 Å².